The Morgan fingerprint density at radius 2 is 1.54 bits per heavy atom. The van der Waals surface area contributed by atoms with Gasteiger partial charge in [0.05, 0.1) is 16.8 Å². The number of sulfonamides is 1. The minimum absolute atomic E-state index is 0.0179. The Morgan fingerprint density at radius 1 is 0.913 bits per heavy atom. The van der Waals surface area contributed by atoms with Gasteiger partial charge >= 0.3 is 6.03 Å². The molecule has 4 rings (SSSR count). The Morgan fingerprint density at radius 3 is 2.09 bits per heavy atom. The summed E-state index contributed by atoms with van der Waals surface area (Å²) in [7, 11) is -0.733. The number of nitrogens with zero attached hydrogens (tertiary/aromatic N) is 2. The number of hydrogen-bond acceptors (Lipinski definition) is 7. The van der Waals surface area contributed by atoms with E-state index in [1.54, 1.807) is 6.92 Å². The standard InChI is InChI=1S/C32H54N6O7S/c1-20(46(44,45)37(5)6)32(16-8-7-9-17-32)36-30(43)35-26(31(2,3)4)29(42)38-18-10-11-24(38)27(40)34-23(19-21-12-13-21)25(39)28(41)33-22-14-15-22/h20-24,26H,7-19H2,1-6H3,(H,33,41)(H,34,40)(H2,35,36,43)/t20-,23-,24-,26+/m0/s1. The number of amides is 5. The average Bonchev–Trinajstić information content (AvgIpc) is 3.93. The first kappa shape index (κ1) is 36.1. The molecule has 0 aromatic carbocycles. The van der Waals surface area contributed by atoms with Crippen LogP contribution in [-0.2, 0) is 29.2 Å². The third-order valence-electron chi connectivity index (χ3n) is 10.1. The van der Waals surface area contributed by atoms with E-state index in [1.807, 2.05) is 20.8 Å². The zero-order valence-corrected chi connectivity index (χ0v) is 29.1. The topological polar surface area (TPSA) is 174 Å². The van der Waals surface area contributed by atoms with E-state index in [9.17, 15) is 32.4 Å². The Labute approximate surface area is 273 Å². The quantitative estimate of drug-likeness (QED) is 0.217. The lowest BCUT2D eigenvalue weighted by molar-refractivity contribution is -0.144. The van der Waals surface area contributed by atoms with Crippen LogP contribution in [0.15, 0.2) is 0 Å². The van der Waals surface area contributed by atoms with E-state index < -0.39 is 73.9 Å². The summed E-state index contributed by atoms with van der Waals surface area (Å²) in [6, 6.07) is -3.43. The van der Waals surface area contributed by atoms with Crippen LogP contribution in [0, 0.1) is 11.3 Å². The number of nitrogens with one attached hydrogen (secondary N) is 4. The molecule has 0 radical (unpaired) electrons. The lowest BCUT2D eigenvalue weighted by Gasteiger charge is -2.43. The van der Waals surface area contributed by atoms with Crippen molar-refractivity contribution in [1.29, 1.82) is 0 Å². The summed E-state index contributed by atoms with van der Waals surface area (Å²) in [6.45, 7) is 7.38. The van der Waals surface area contributed by atoms with E-state index >= 15 is 0 Å². The molecule has 3 saturated carbocycles. The Hall–Kier alpha value is -2.74. The monoisotopic (exact) mass is 666 g/mol. The molecular weight excluding hydrogens is 612 g/mol. The van der Waals surface area contributed by atoms with Gasteiger partial charge in [0, 0.05) is 26.7 Å². The summed E-state index contributed by atoms with van der Waals surface area (Å²) in [5, 5.41) is 10.5. The van der Waals surface area contributed by atoms with Gasteiger partial charge in [0.1, 0.15) is 12.1 Å². The van der Waals surface area contributed by atoms with E-state index in [0.29, 0.717) is 38.6 Å². The minimum Gasteiger partial charge on any atom is -0.347 e. The van der Waals surface area contributed by atoms with Gasteiger partial charge in [0.15, 0.2) is 0 Å². The minimum atomic E-state index is -3.69. The second-order valence-corrected chi connectivity index (χ2v) is 17.6. The Bertz CT molecular complexity index is 1280. The zero-order valence-electron chi connectivity index (χ0n) is 28.3. The molecule has 4 atom stereocenters. The fraction of sp³-hybridized carbons (Fsp3) is 0.844. The first-order valence-corrected chi connectivity index (χ1v) is 18.4. The molecule has 14 heteroatoms. The van der Waals surface area contributed by atoms with Crippen molar-refractivity contribution in [3.8, 4) is 0 Å². The Kier molecular flexibility index (Phi) is 11.1. The molecule has 0 aromatic heterocycles. The smallest absolute Gasteiger partial charge is 0.315 e. The molecule has 13 nitrogen and oxygen atoms in total. The SMILES string of the molecule is C[C@@H](C1(NC(=O)N[C@H](C(=O)N2CCC[C@H]2C(=O)N[C@@H](CC2CC2)C(=O)C(=O)NC2CC2)C(C)(C)C)CCCCC1)S(=O)(=O)N(C)C. The number of Topliss-reactive ketones (excluding diaryl/α,β-unsaturated/α-hetero) is 1. The van der Waals surface area contributed by atoms with Crippen molar-refractivity contribution < 1.29 is 32.4 Å². The van der Waals surface area contributed by atoms with Gasteiger partial charge in [-0.1, -0.05) is 52.9 Å². The molecule has 1 aliphatic heterocycles. The first-order chi connectivity index (χ1) is 21.5. The maximum Gasteiger partial charge on any atom is 0.315 e. The molecule has 0 unspecified atom stereocenters. The number of likely N-dealkylation sites (tertiary alicyclic amines) is 1. The number of hydrogen-bond donors (Lipinski definition) is 4. The van der Waals surface area contributed by atoms with Crippen molar-refractivity contribution in [3.63, 3.8) is 0 Å². The number of carbonyl (C=O) groups is 5. The summed E-state index contributed by atoms with van der Waals surface area (Å²) in [5.74, 6) is -1.97. The lowest BCUT2D eigenvalue weighted by Crippen LogP contribution is -2.65. The van der Waals surface area contributed by atoms with Crippen LogP contribution in [0.1, 0.15) is 105 Å². The van der Waals surface area contributed by atoms with Crippen LogP contribution in [-0.4, -0.2) is 103 Å². The Balaban J connectivity index is 1.47. The van der Waals surface area contributed by atoms with Gasteiger partial charge in [-0.2, -0.15) is 0 Å². The molecule has 0 aromatic rings. The number of rotatable bonds is 13. The van der Waals surface area contributed by atoms with Crippen LogP contribution in [0.4, 0.5) is 4.79 Å². The summed E-state index contributed by atoms with van der Waals surface area (Å²) in [4.78, 5) is 68.4. The van der Waals surface area contributed by atoms with Gasteiger partial charge in [-0.3, -0.25) is 19.2 Å². The third-order valence-corrected chi connectivity index (χ3v) is 12.5. The van der Waals surface area contributed by atoms with Crippen molar-refractivity contribution >= 4 is 39.6 Å². The third kappa shape index (κ3) is 8.59. The van der Waals surface area contributed by atoms with Crippen molar-refractivity contribution in [2.75, 3.05) is 20.6 Å². The van der Waals surface area contributed by atoms with Gasteiger partial charge in [0.25, 0.3) is 5.91 Å². The van der Waals surface area contributed by atoms with Gasteiger partial charge in [-0.25, -0.2) is 17.5 Å². The molecule has 3 aliphatic carbocycles. The summed E-state index contributed by atoms with van der Waals surface area (Å²) in [6.07, 6.45) is 8.40. The number of ketones is 1. The zero-order chi connectivity index (χ0) is 34.0. The first-order valence-electron chi connectivity index (χ1n) is 16.9. The fourth-order valence-electron chi connectivity index (χ4n) is 6.76. The van der Waals surface area contributed by atoms with E-state index in [1.165, 1.54) is 23.3 Å². The maximum atomic E-state index is 14.1. The summed E-state index contributed by atoms with van der Waals surface area (Å²) in [5.41, 5.74) is -1.74. The van der Waals surface area contributed by atoms with Crippen LogP contribution in [0.3, 0.4) is 0 Å². The van der Waals surface area contributed by atoms with Crippen molar-refractivity contribution in [2.45, 2.75) is 140 Å². The van der Waals surface area contributed by atoms with Crippen LogP contribution < -0.4 is 21.3 Å². The largest absolute Gasteiger partial charge is 0.347 e. The number of urea groups is 1. The molecule has 4 fully saturated rings. The van der Waals surface area contributed by atoms with Gasteiger partial charge in [-0.05, 0) is 63.2 Å². The van der Waals surface area contributed by atoms with E-state index in [0.717, 1.165) is 44.9 Å². The molecule has 46 heavy (non-hydrogen) atoms. The van der Waals surface area contributed by atoms with Crippen molar-refractivity contribution in [2.24, 2.45) is 11.3 Å². The highest BCUT2D eigenvalue weighted by atomic mass is 32.2. The van der Waals surface area contributed by atoms with Crippen LogP contribution >= 0.6 is 0 Å². The molecule has 5 amide bonds. The van der Waals surface area contributed by atoms with Crippen LogP contribution in [0.25, 0.3) is 0 Å². The second kappa shape index (κ2) is 14.2. The highest BCUT2D eigenvalue weighted by Crippen LogP contribution is 2.36. The summed E-state index contributed by atoms with van der Waals surface area (Å²) >= 11 is 0. The van der Waals surface area contributed by atoms with Gasteiger partial charge in [-0.15, -0.1) is 0 Å². The molecule has 0 bridgehead atoms. The highest BCUT2D eigenvalue weighted by Gasteiger charge is 2.48. The molecule has 1 heterocycles. The van der Waals surface area contributed by atoms with E-state index in [4.69, 9.17) is 0 Å². The maximum absolute atomic E-state index is 14.1. The molecule has 260 valence electrons. The average molecular weight is 667 g/mol. The van der Waals surface area contributed by atoms with Crippen LogP contribution in [0.5, 0.6) is 0 Å². The van der Waals surface area contributed by atoms with Crippen molar-refractivity contribution in [1.82, 2.24) is 30.5 Å². The van der Waals surface area contributed by atoms with E-state index in [2.05, 4.69) is 21.3 Å². The number of carbonyl (C=O) groups excluding carboxylic acids is 5. The van der Waals surface area contributed by atoms with E-state index in [-0.39, 0.29) is 12.0 Å². The van der Waals surface area contributed by atoms with Gasteiger partial charge < -0.3 is 26.2 Å². The molecule has 0 spiro atoms. The molecule has 4 N–H and O–H groups in total. The van der Waals surface area contributed by atoms with Crippen LogP contribution in [0.2, 0.25) is 0 Å². The summed E-state index contributed by atoms with van der Waals surface area (Å²) < 4.78 is 27.5. The lowest BCUT2D eigenvalue weighted by atomic mass is 9.79. The predicted octanol–water partition coefficient (Wildman–Crippen LogP) is 1.81. The normalized spacial score (nSPS) is 23.6. The molecule has 1 saturated heterocycles. The molecule has 4 aliphatic rings. The second-order valence-electron chi connectivity index (χ2n) is 15.1. The molecular formula is C32H54N6O7S. The van der Waals surface area contributed by atoms with Gasteiger partial charge in [0.2, 0.25) is 27.6 Å². The van der Waals surface area contributed by atoms with Crippen molar-refractivity contribution in [3.05, 3.63) is 0 Å². The highest BCUT2D eigenvalue weighted by molar-refractivity contribution is 7.89. The fourth-order valence-corrected chi connectivity index (χ4v) is 8.25. The predicted molar refractivity (Wildman–Crippen MR) is 173 cm³/mol.